The van der Waals surface area contributed by atoms with E-state index in [2.05, 4.69) is 28.4 Å². The van der Waals surface area contributed by atoms with Crippen molar-refractivity contribution in [1.82, 2.24) is 5.32 Å². The summed E-state index contributed by atoms with van der Waals surface area (Å²) in [7, 11) is 0. The molecule has 1 unspecified atom stereocenters. The molecular weight excluding hydrogens is 315 g/mol. The second-order valence-corrected chi connectivity index (χ2v) is 6.82. The Bertz CT molecular complexity index is 714. The van der Waals surface area contributed by atoms with Crippen molar-refractivity contribution in [3.63, 3.8) is 0 Å². The predicted octanol–water partition coefficient (Wildman–Crippen LogP) is 4.38. The van der Waals surface area contributed by atoms with E-state index < -0.39 is 0 Å². The topological polar surface area (TPSA) is 15.3 Å². The molecule has 2 aromatic carbocycles. The number of fused-ring (bicyclic) bond motifs is 3. The number of benzene rings is 2. The maximum absolute atomic E-state index is 6.39. The molecule has 0 amide bonds. The van der Waals surface area contributed by atoms with Crippen molar-refractivity contribution in [3.05, 3.63) is 52.0 Å². The van der Waals surface area contributed by atoms with Gasteiger partial charge in [-0.2, -0.15) is 0 Å². The zero-order chi connectivity index (χ0) is 15.1. The van der Waals surface area contributed by atoms with Gasteiger partial charge in [0.25, 0.3) is 0 Å². The molecule has 2 nitrogen and oxygen atoms in total. The lowest BCUT2D eigenvalue weighted by Gasteiger charge is -2.25. The van der Waals surface area contributed by atoms with Gasteiger partial charge in [0.05, 0.1) is 10.0 Å². The lowest BCUT2D eigenvalue weighted by atomic mass is 10.0. The van der Waals surface area contributed by atoms with Crippen LogP contribution in [0, 0.1) is 0 Å². The fourth-order valence-corrected chi connectivity index (χ4v) is 4.02. The van der Waals surface area contributed by atoms with Crippen LogP contribution >= 0.6 is 23.2 Å². The molecule has 2 heterocycles. The minimum Gasteiger partial charge on any atom is -0.367 e. The van der Waals surface area contributed by atoms with E-state index in [1.165, 1.54) is 17.7 Å². The van der Waals surface area contributed by atoms with Crippen LogP contribution in [-0.4, -0.2) is 25.7 Å². The smallest absolute Gasteiger partial charge is 0.0670 e. The molecular formula is C18H18Cl2N2. The van der Waals surface area contributed by atoms with E-state index in [1.807, 2.05) is 18.2 Å². The number of rotatable bonds is 1. The third-order valence-corrected chi connectivity index (χ3v) is 5.56. The number of nitrogens with one attached hydrogen (secondary N) is 1. The van der Waals surface area contributed by atoms with Crippen LogP contribution < -0.4 is 10.2 Å². The highest BCUT2D eigenvalue weighted by Crippen LogP contribution is 2.39. The first-order valence-electron chi connectivity index (χ1n) is 7.79. The molecule has 1 saturated heterocycles. The quantitative estimate of drug-likeness (QED) is 0.833. The highest BCUT2D eigenvalue weighted by molar-refractivity contribution is 6.43. The molecule has 4 heteroatoms. The van der Waals surface area contributed by atoms with Gasteiger partial charge in [0.15, 0.2) is 0 Å². The first-order chi connectivity index (χ1) is 10.7. The molecule has 114 valence electrons. The summed E-state index contributed by atoms with van der Waals surface area (Å²) in [5.74, 6) is 0. The third-order valence-electron chi connectivity index (χ3n) is 4.74. The lowest BCUT2D eigenvalue weighted by molar-refractivity contribution is 0.612. The number of nitrogens with zero attached hydrogens (tertiary/aromatic N) is 1. The molecule has 0 saturated carbocycles. The molecule has 1 atom stereocenters. The van der Waals surface area contributed by atoms with Crippen LogP contribution in [0.15, 0.2) is 36.4 Å². The molecule has 0 aromatic heterocycles. The maximum Gasteiger partial charge on any atom is 0.0670 e. The van der Waals surface area contributed by atoms with Crippen LogP contribution in [0.25, 0.3) is 11.1 Å². The van der Waals surface area contributed by atoms with Gasteiger partial charge >= 0.3 is 0 Å². The van der Waals surface area contributed by atoms with Crippen LogP contribution in [0.4, 0.5) is 5.69 Å². The zero-order valence-electron chi connectivity index (χ0n) is 12.3. The molecule has 4 rings (SSSR count). The fraction of sp³-hybridized carbons (Fsp3) is 0.333. The molecule has 2 aliphatic heterocycles. The summed E-state index contributed by atoms with van der Waals surface area (Å²) in [6.07, 6.45) is 2.36. The molecule has 2 aliphatic rings. The van der Waals surface area contributed by atoms with Crippen molar-refractivity contribution in [2.24, 2.45) is 0 Å². The molecule has 0 radical (unpaired) electrons. The van der Waals surface area contributed by atoms with Crippen LogP contribution in [0.1, 0.15) is 12.0 Å². The number of anilines is 1. The van der Waals surface area contributed by atoms with Gasteiger partial charge in [-0.25, -0.2) is 0 Å². The summed E-state index contributed by atoms with van der Waals surface area (Å²) in [5.41, 5.74) is 4.97. The molecule has 22 heavy (non-hydrogen) atoms. The molecule has 0 aliphatic carbocycles. The highest BCUT2D eigenvalue weighted by Gasteiger charge is 2.30. The molecule has 1 fully saturated rings. The molecule has 0 spiro atoms. The third kappa shape index (κ3) is 2.40. The van der Waals surface area contributed by atoms with Crippen molar-refractivity contribution in [2.75, 3.05) is 24.5 Å². The summed E-state index contributed by atoms with van der Waals surface area (Å²) < 4.78 is 0. The van der Waals surface area contributed by atoms with E-state index in [9.17, 15) is 0 Å². The van der Waals surface area contributed by atoms with Crippen molar-refractivity contribution >= 4 is 28.9 Å². The van der Waals surface area contributed by atoms with Gasteiger partial charge in [0.1, 0.15) is 0 Å². The van der Waals surface area contributed by atoms with Gasteiger partial charge in [-0.15, -0.1) is 0 Å². The second-order valence-electron chi connectivity index (χ2n) is 6.03. The van der Waals surface area contributed by atoms with Crippen LogP contribution in [0.5, 0.6) is 0 Å². The monoisotopic (exact) mass is 332 g/mol. The summed E-state index contributed by atoms with van der Waals surface area (Å²) in [4.78, 5) is 2.55. The van der Waals surface area contributed by atoms with Gasteiger partial charge in [0.2, 0.25) is 0 Å². The van der Waals surface area contributed by atoms with Gasteiger partial charge in [-0.3, -0.25) is 0 Å². The van der Waals surface area contributed by atoms with E-state index in [-0.39, 0.29) is 0 Å². The SMILES string of the molecule is Clc1cccc(-c2ccc3c(c2)N2CCNCCC2C3)c1Cl. The Hall–Kier alpha value is -1.22. The van der Waals surface area contributed by atoms with Crippen molar-refractivity contribution in [1.29, 1.82) is 0 Å². The standard InChI is InChI=1S/C18H18Cl2N2/c19-16-3-1-2-15(18(16)20)12-4-5-13-10-14-6-7-21-8-9-22(14)17(13)11-12/h1-5,11,14,21H,6-10H2. The zero-order valence-corrected chi connectivity index (χ0v) is 13.8. The first-order valence-corrected chi connectivity index (χ1v) is 8.54. The Labute approximate surface area is 141 Å². The summed E-state index contributed by atoms with van der Waals surface area (Å²) >= 11 is 12.5. The number of hydrogen-bond donors (Lipinski definition) is 1. The molecule has 2 aromatic rings. The Morgan fingerprint density at radius 1 is 1.09 bits per heavy atom. The van der Waals surface area contributed by atoms with E-state index in [1.54, 1.807) is 0 Å². The van der Waals surface area contributed by atoms with Crippen molar-refractivity contribution < 1.29 is 0 Å². The van der Waals surface area contributed by atoms with Gasteiger partial charge in [0, 0.05) is 30.4 Å². The normalized spacial score (nSPS) is 20.5. The Morgan fingerprint density at radius 3 is 2.91 bits per heavy atom. The summed E-state index contributed by atoms with van der Waals surface area (Å²) in [6, 6.07) is 13.2. The van der Waals surface area contributed by atoms with Crippen LogP contribution in [0.2, 0.25) is 10.0 Å². The first kappa shape index (κ1) is 14.4. The second kappa shape index (κ2) is 5.77. The molecule has 0 bridgehead atoms. The predicted molar refractivity (Wildman–Crippen MR) is 94.2 cm³/mol. The maximum atomic E-state index is 6.39. The van der Waals surface area contributed by atoms with Gasteiger partial charge in [-0.1, -0.05) is 47.5 Å². The number of hydrogen-bond acceptors (Lipinski definition) is 2. The average molecular weight is 333 g/mol. The lowest BCUT2D eigenvalue weighted by Crippen LogP contribution is -2.32. The molecule has 1 N–H and O–H groups in total. The minimum atomic E-state index is 0.608. The highest BCUT2D eigenvalue weighted by atomic mass is 35.5. The minimum absolute atomic E-state index is 0.608. The van der Waals surface area contributed by atoms with E-state index in [0.717, 1.165) is 37.2 Å². The fourth-order valence-electron chi connectivity index (χ4n) is 3.61. The average Bonchev–Trinajstić information content (AvgIpc) is 2.71. The number of halogens is 2. The Morgan fingerprint density at radius 2 is 2.00 bits per heavy atom. The van der Waals surface area contributed by atoms with Crippen LogP contribution in [-0.2, 0) is 6.42 Å². The summed E-state index contributed by atoms with van der Waals surface area (Å²) in [5, 5.41) is 4.73. The van der Waals surface area contributed by atoms with Gasteiger partial charge in [-0.05, 0) is 42.6 Å². The van der Waals surface area contributed by atoms with E-state index in [4.69, 9.17) is 23.2 Å². The van der Waals surface area contributed by atoms with Crippen LogP contribution in [0.3, 0.4) is 0 Å². The van der Waals surface area contributed by atoms with Gasteiger partial charge < -0.3 is 10.2 Å². The largest absolute Gasteiger partial charge is 0.367 e. The Balaban J connectivity index is 1.76. The van der Waals surface area contributed by atoms with E-state index in [0.29, 0.717) is 16.1 Å². The van der Waals surface area contributed by atoms with E-state index >= 15 is 0 Å². The Kier molecular flexibility index (Phi) is 3.77. The van der Waals surface area contributed by atoms with Crippen molar-refractivity contribution in [3.8, 4) is 11.1 Å². The van der Waals surface area contributed by atoms with Crippen molar-refractivity contribution in [2.45, 2.75) is 18.9 Å². The summed E-state index contributed by atoms with van der Waals surface area (Å²) in [6.45, 7) is 3.24.